The average Bonchev–Trinajstić information content (AvgIpc) is 3.06. The van der Waals surface area contributed by atoms with Crippen molar-refractivity contribution in [3.63, 3.8) is 0 Å². The molecule has 0 atom stereocenters. The van der Waals surface area contributed by atoms with Crippen molar-refractivity contribution in [1.82, 2.24) is 0 Å². The van der Waals surface area contributed by atoms with Gasteiger partial charge in [0.25, 0.3) is 0 Å². The molecule has 0 radical (unpaired) electrons. The van der Waals surface area contributed by atoms with Gasteiger partial charge in [-0.05, 0) is 116 Å². The quantitative estimate of drug-likeness (QED) is 0.148. The number of rotatable bonds is 12. The maximum Gasteiger partial charge on any atom is 0.201 e. The summed E-state index contributed by atoms with van der Waals surface area (Å²) in [7, 11) is 0. The van der Waals surface area contributed by atoms with E-state index in [0.29, 0.717) is 17.9 Å². The summed E-state index contributed by atoms with van der Waals surface area (Å²) < 4.78 is 50.4. The van der Waals surface area contributed by atoms with Crippen molar-refractivity contribution >= 4 is 0 Å². The summed E-state index contributed by atoms with van der Waals surface area (Å²) in [4.78, 5) is 0. The number of hydrogen-bond donors (Lipinski definition) is 0. The maximum atomic E-state index is 15.4. The lowest BCUT2D eigenvalue weighted by Gasteiger charge is -2.38. The Labute approximate surface area is 262 Å². The Kier molecular flexibility index (Phi) is 11.6. The lowest BCUT2D eigenvalue weighted by Crippen LogP contribution is -2.25. The number of benzene rings is 3. The van der Waals surface area contributed by atoms with Crippen LogP contribution in [0.5, 0.6) is 5.75 Å². The minimum Gasteiger partial charge on any atom is -0.490 e. The highest BCUT2D eigenvalue weighted by molar-refractivity contribution is 5.71. The third-order valence-electron chi connectivity index (χ3n) is 10.3. The topological polar surface area (TPSA) is 9.23 Å². The first-order valence-electron chi connectivity index (χ1n) is 17.1. The Morgan fingerprint density at radius 1 is 0.727 bits per heavy atom. The zero-order valence-electron chi connectivity index (χ0n) is 26.6. The normalized spacial score (nSPS) is 22.4. The molecule has 5 rings (SSSR count). The van der Waals surface area contributed by atoms with Crippen LogP contribution in [0.4, 0.5) is 13.2 Å². The molecule has 0 bridgehead atoms. The Morgan fingerprint density at radius 3 is 2.05 bits per heavy atom. The zero-order chi connectivity index (χ0) is 30.9. The highest BCUT2D eigenvalue weighted by Crippen LogP contribution is 2.45. The van der Waals surface area contributed by atoms with Gasteiger partial charge in [0.15, 0.2) is 11.6 Å². The Balaban J connectivity index is 1.16. The van der Waals surface area contributed by atoms with Crippen LogP contribution in [0, 0.1) is 35.2 Å². The van der Waals surface area contributed by atoms with E-state index in [9.17, 15) is 8.78 Å². The highest BCUT2D eigenvalue weighted by atomic mass is 19.2. The second-order valence-electron chi connectivity index (χ2n) is 13.1. The van der Waals surface area contributed by atoms with Gasteiger partial charge in [-0.25, -0.2) is 8.78 Å². The first kappa shape index (κ1) is 32.4. The first-order chi connectivity index (χ1) is 21.5. The van der Waals surface area contributed by atoms with Crippen molar-refractivity contribution in [3.8, 4) is 28.0 Å². The Morgan fingerprint density at radius 2 is 1.39 bits per heavy atom. The number of ether oxygens (including phenoxy) is 1. The summed E-state index contributed by atoms with van der Waals surface area (Å²) in [6.45, 7) is 4.47. The molecule has 1 nitrogen and oxygen atoms in total. The van der Waals surface area contributed by atoms with Crippen molar-refractivity contribution in [3.05, 3.63) is 89.8 Å². The monoisotopic (exact) mass is 602 g/mol. The number of halogens is 3. The van der Waals surface area contributed by atoms with Gasteiger partial charge < -0.3 is 4.74 Å². The summed E-state index contributed by atoms with van der Waals surface area (Å²) in [6, 6.07) is 15.8. The van der Waals surface area contributed by atoms with Crippen molar-refractivity contribution in [2.45, 2.75) is 103 Å². The van der Waals surface area contributed by atoms with E-state index >= 15 is 4.39 Å². The lowest BCUT2D eigenvalue weighted by molar-refractivity contribution is 0.155. The smallest absolute Gasteiger partial charge is 0.201 e. The molecule has 0 saturated heterocycles. The van der Waals surface area contributed by atoms with E-state index in [1.165, 1.54) is 70.3 Å². The maximum absolute atomic E-state index is 15.4. The summed E-state index contributed by atoms with van der Waals surface area (Å²) >= 11 is 0. The molecule has 2 aliphatic rings. The van der Waals surface area contributed by atoms with Gasteiger partial charge in [0.05, 0.1) is 6.61 Å². The van der Waals surface area contributed by atoms with E-state index in [1.807, 2.05) is 43.3 Å². The lowest BCUT2D eigenvalue weighted by atomic mass is 9.68. The van der Waals surface area contributed by atoms with E-state index in [0.717, 1.165) is 47.3 Å². The zero-order valence-corrected chi connectivity index (χ0v) is 26.6. The second kappa shape index (κ2) is 15.8. The van der Waals surface area contributed by atoms with Crippen LogP contribution in [0.1, 0.15) is 109 Å². The second-order valence-corrected chi connectivity index (χ2v) is 13.1. The van der Waals surface area contributed by atoms with Crippen LogP contribution in [0.3, 0.4) is 0 Å². The molecule has 0 aliphatic heterocycles. The predicted molar refractivity (Wildman–Crippen MR) is 176 cm³/mol. The molecule has 4 heteroatoms. The van der Waals surface area contributed by atoms with Crippen LogP contribution in [-0.4, -0.2) is 6.61 Å². The standard InChI is InChI=1S/C40H49F3O/c1-3-5-7-9-28-10-12-29(13-11-28)30-14-18-32(19-15-30)35-23-22-34(27-37(35)41)31-16-20-33(21-17-31)36-24-25-38(40(43)39(36)42)44-26-8-6-4-2/h4,6,16-17,20-25,27-30,32H,3,5,7-15,18-19,26H2,1-2H3/b6-4-. The fourth-order valence-corrected chi connectivity index (χ4v) is 7.68. The van der Waals surface area contributed by atoms with Crippen LogP contribution in [-0.2, 0) is 0 Å². The van der Waals surface area contributed by atoms with E-state index < -0.39 is 11.6 Å². The van der Waals surface area contributed by atoms with Crippen molar-refractivity contribution < 1.29 is 17.9 Å². The molecule has 2 aliphatic carbocycles. The molecule has 0 N–H and O–H groups in total. The van der Waals surface area contributed by atoms with Gasteiger partial charge in [-0.3, -0.25) is 0 Å². The Bertz CT molecular complexity index is 1360. The van der Waals surface area contributed by atoms with Crippen molar-refractivity contribution in [2.24, 2.45) is 17.8 Å². The summed E-state index contributed by atoms with van der Waals surface area (Å²) in [6.07, 6.45) is 20.2. The SMILES string of the molecule is C/C=C\CCOc1ccc(-c2ccc(-c3ccc(C4CCC(C5CCC(CCCCC)CC5)CC4)c(F)c3)cc2)c(F)c1F. The van der Waals surface area contributed by atoms with E-state index in [-0.39, 0.29) is 23.7 Å². The summed E-state index contributed by atoms with van der Waals surface area (Å²) in [5.74, 6) is 0.794. The molecule has 3 aromatic carbocycles. The predicted octanol–water partition coefficient (Wildman–Crippen LogP) is 12.4. The van der Waals surface area contributed by atoms with Gasteiger partial charge >= 0.3 is 0 Å². The van der Waals surface area contributed by atoms with E-state index in [1.54, 1.807) is 24.3 Å². The van der Waals surface area contributed by atoms with Gasteiger partial charge in [-0.15, -0.1) is 0 Å². The molecular formula is C40H49F3O. The minimum absolute atomic E-state index is 0.0864. The van der Waals surface area contributed by atoms with Crippen molar-refractivity contribution in [2.75, 3.05) is 6.61 Å². The third kappa shape index (κ3) is 7.98. The number of unbranched alkanes of at least 4 members (excludes halogenated alkanes) is 2. The van der Waals surface area contributed by atoms with Crippen LogP contribution < -0.4 is 4.74 Å². The molecule has 0 amide bonds. The summed E-state index contributed by atoms with van der Waals surface area (Å²) in [5, 5.41) is 0. The Hall–Kier alpha value is -3.01. The van der Waals surface area contributed by atoms with Crippen LogP contribution in [0.25, 0.3) is 22.3 Å². The van der Waals surface area contributed by atoms with Gasteiger partial charge in [-0.1, -0.05) is 94.0 Å². The van der Waals surface area contributed by atoms with Crippen molar-refractivity contribution in [1.29, 1.82) is 0 Å². The molecule has 0 heterocycles. The van der Waals surface area contributed by atoms with Gasteiger partial charge in [0.2, 0.25) is 5.82 Å². The molecule has 3 aromatic rings. The molecule has 0 spiro atoms. The molecule has 236 valence electrons. The fourth-order valence-electron chi connectivity index (χ4n) is 7.68. The van der Waals surface area contributed by atoms with Crippen LogP contribution in [0.2, 0.25) is 0 Å². The molecule has 44 heavy (non-hydrogen) atoms. The van der Waals surface area contributed by atoms with E-state index in [4.69, 9.17) is 4.74 Å². The highest BCUT2D eigenvalue weighted by Gasteiger charge is 2.32. The molecule has 2 saturated carbocycles. The number of allylic oxidation sites excluding steroid dienone is 1. The first-order valence-corrected chi connectivity index (χ1v) is 17.1. The van der Waals surface area contributed by atoms with Gasteiger partial charge in [-0.2, -0.15) is 4.39 Å². The summed E-state index contributed by atoms with van der Waals surface area (Å²) in [5.41, 5.74) is 3.21. The fraction of sp³-hybridized carbons (Fsp3) is 0.500. The largest absolute Gasteiger partial charge is 0.490 e. The van der Waals surface area contributed by atoms with Crippen LogP contribution in [0.15, 0.2) is 66.7 Å². The molecular weight excluding hydrogens is 553 g/mol. The van der Waals surface area contributed by atoms with Gasteiger partial charge in [0.1, 0.15) is 5.82 Å². The van der Waals surface area contributed by atoms with Crippen LogP contribution >= 0.6 is 0 Å². The average molecular weight is 603 g/mol. The van der Waals surface area contributed by atoms with Gasteiger partial charge in [0, 0.05) is 5.56 Å². The third-order valence-corrected chi connectivity index (χ3v) is 10.3. The molecule has 0 aromatic heterocycles. The molecule has 2 fully saturated rings. The minimum atomic E-state index is -0.982. The molecule has 0 unspecified atom stereocenters. The van der Waals surface area contributed by atoms with E-state index in [2.05, 4.69) is 6.92 Å². The number of hydrogen-bond acceptors (Lipinski definition) is 1.